The molecule has 1 saturated heterocycles. The van der Waals surface area contributed by atoms with Gasteiger partial charge >= 0.3 is 0 Å². The van der Waals surface area contributed by atoms with Gasteiger partial charge in [0.2, 0.25) is 5.91 Å². The van der Waals surface area contributed by atoms with Crippen molar-refractivity contribution in [2.45, 2.75) is 13.0 Å². The number of carbonyl (C=O) groups is 1. The molecule has 1 rings (SSSR count). The maximum absolute atomic E-state index is 11.6. The van der Waals surface area contributed by atoms with Crippen LogP contribution in [0.5, 0.6) is 0 Å². The van der Waals surface area contributed by atoms with Gasteiger partial charge in [0, 0.05) is 33.7 Å². The molecule has 0 aromatic carbocycles. The van der Waals surface area contributed by atoms with Gasteiger partial charge in [0.05, 0.1) is 12.6 Å². The van der Waals surface area contributed by atoms with Crippen LogP contribution >= 0.6 is 0 Å². The van der Waals surface area contributed by atoms with Gasteiger partial charge in [-0.1, -0.05) is 12.8 Å². The number of nitrogens with zero attached hydrogens (tertiary/aromatic N) is 3. The van der Waals surface area contributed by atoms with Gasteiger partial charge in [-0.3, -0.25) is 14.6 Å². The zero-order valence-corrected chi connectivity index (χ0v) is 10.4. The summed E-state index contributed by atoms with van der Waals surface area (Å²) in [7, 11) is 3.56. The first-order valence-electron chi connectivity index (χ1n) is 5.71. The summed E-state index contributed by atoms with van der Waals surface area (Å²) in [4.78, 5) is 17.6. The van der Waals surface area contributed by atoms with Gasteiger partial charge in [-0.25, -0.2) is 0 Å². The third kappa shape index (κ3) is 3.22. The van der Waals surface area contributed by atoms with Crippen LogP contribution in [0.3, 0.4) is 0 Å². The minimum atomic E-state index is 0.140. The van der Waals surface area contributed by atoms with Crippen molar-refractivity contribution in [3.63, 3.8) is 0 Å². The molecule has 0 aliphatic carbocycles. The Morgan fingerprint density at radius 1 is 1.50 bits per heavy atom. The Morgan fingerprint density at radius 2 is 2.19 bits per heavy atom. The molecule has 0 spiro atoms. The van der Waals surface area contributed by atoms with Gasteiger partial charge in [0.1, 0.15) is 0 Å². The lowest BCUT2D eigenvalue weighted by Crippen LogP contribution is -2.54. The molecule has 0 saturated carbocycles. The van der Waals surface area contributed by atoms with E-state index in [2.05, 4.69) is 22.6 Å². The number of rotatable bonds is 3. The summed E-state index contributed by atoms with van der Waals surface area (Å²) in [5.74, 6) is 2.94. The smallest absolute Gasteiger partial charge is 0.236 e. The molecule has 90 valence electrons. The molecule has 4 heteroatoms. The standard InChI is InChI=1S/C12H21N3O/c1-5-11-9-14(7-8-15(11)6-2)10-12(16)13(3)4/h1,11H,6-10H2,2-4H3/t11-/m1/s1. The van der Waals surface area contributed by atoms with Gasteiger partial charge in [-0.05, 0) is 6.54 Å². The fourth-order valence-electron chi connectivity index (χ4n) is 1.89. The second-order valence-corrected chi connectivity index (χ2v) is 4.33. The van der Waals surface area contributed by atoms with Crippen LogP contribution in [0.15, 0.2) is 0 Å². The third-order valence-corrected chi connectivity index (χ3v) is 3.03. The Kier molecular flexibility index (Phi) is 4.78. The summed E-state index contributed by atoms with van der Waals surface area (Å²) in [6.07, 6.45) is 5.51. The van der Waals surface area contributed by atoms with Crippen LogP contribution < -0.4 is 0 Å². The van der Waals surface area contributed by atoms with Crippen molar-refractivity contribution in [1.82, 2.24) is 14.7 Å². The summed E-state index contributed by atoms with van der Waals surface area (Å²) >= 11 is 0. The van der Waals surface area contributed by atoms with E-state index in [9.17, 15) is 4.79 Å². The maximum Gasteiger partial charge on any atom is 0.236 e. The van der Waals surface area contributed by atoms with E-state index in [-0.39, 0.29) is 11.9 Å². The summed E-state index contributed by atoms with van der Waals surface area (Å²) in [6, 6.07) is 0.147. The van der Waals surface area contributed by atoms with Crippen LogP contribution in [-0.4, -0.2) is 73.5 Å². The van der Waals surface area contributed by atoms with E-state index in [0.29, 0.717) is 6.54 Å². The highest BCUT2D eigenvalue weighted by Gasteiger charge is 2.25. The SMILES string of the molecule is C#C[C@@H]1CN(CC(=O)N(C)C)CCN1CC. The summed E-state index contributed by atoms with van der Waals surface area (Å²) in [5.41, 5.74) is 0. The second kappa shape index (κ2) is 5.88. The zero-order valence-electron chi connectivity index (χ0n) is 10.4. The first-order valence-corrected chi connectivity index (χ1v) is 5.71. The molecule has 1 aliphatic rings. The van der Waals surface area contributed by atoms with Crippen LogP contribution in [0.4, 0.5) is 0 Å². The minimum Gasteiger partial charge on any atom is -0.348 e. The lowest BCUT2D eigenvalue weighted by atomic mass is 10.1. The quantitative estimate of drug-likeness (QED) is 0.615. The van der Waals surface area contributed by atoms with Crippen LogP contribution in [0.25, 0.3) is 0 Å². The van der Waals surface area contributed by atoms with Crippen molar-refractivity contribution in [2.24, 2.45) is 0 Å². The highest BCUT2D eigenvalue weighted by molar-refractivity contribution is 5.77. The average molecular weight is 223 g/mol. The molecule has 1 heterocycles. The molecular formula is C12H21N3O. The normalized spacial score (nSPS) is 22.8. The van der Waals surface area contributed by atoms with Gasteiger partial charge in [-0.2, -0.15) is 0 Å². The molecule has 0 aromatic heterocycles. The van der Waals surface area contributed by atoms with E-state index >= 15 is 0 Å². The Hall–Kier alpha value is -1.05. The van der Waals surface area contributed by atoms with Crippen molar-refractivity contribution < 1.29 is 4.79 Å². The molecule has 1 aliphatic heterocycles. The van der Waals surface area contributed by atoms with E-state index < -0.39 is 0 Å². The second-order valence-electron chi connectivity index (χ2n) is 4.33. The summed E-state index contributed by atoms with van der Waals surface area (Å²) in [5, 5.41) is 0. The largest absolute Gasteiger partial charge is 0.348 e. The average Bonchev–Trinajstić information content (AvgIpc) is 2.28. The molecule has 4 nitrogen and oxygen atoms in total. The Morgan fingerprint density at radius 3 is 2.69 bits per heavy atom. The first kappa shape index (κ1) is 13.0. The Balaban J connectivity index is 2.49. The van der Waals surface area contributed by atoms with Crippen LogP contribution in [0, 0.1) is 12.3 Å². The van der Waals surface area contributed by atoms with E-state index in [1.165, 1.54) is 0 Å². The summed E-state index contributed by atoms with van der Waals surface area (Å²) in [6.45, 7) is 6.24. The highest BCUT2D eigenvalue weighted by atomic mass is 16.2. The number of hydrogen-bond acceptors (Lipinski definition) is 3. The predicted molar refractivity (Wildman–Crippen MR) is 65.0 cm³/mol. The number of hydrogen-bond donors (Lipinski definition) is 0. The fourth-order valence-corrected chi connectivity index (χ4v) is 1.89. The van der Waals surface area contributed by atoms with Crippen LogP contribution in [0.1, 0.15) is 6.92 Å². The van der Waals surface area contributed by atoms with E-state index in [1.807, 2.05) is 0 Å². The molecule has 1 atom stereocenters. The van der Waals surface area contributed by atoms with Crippen LogP contribution in [0.2, 0.25) is 0 Å². The number of amides is 1. The van der Waals surface area contributed by atoms with E-state index in [1.54, 1.807) is 19.0 Å². The number of likely N-dealkylation sites (N-methyl/N-ethyl adjacent to an activating group) is 2. The third-order valence-electron chi connectivity index (χ3n) is 3.03. The van der Waals surface area contributed by atoms with Crippen molar-refractivity contribution in [3.8, 4) is 12.3 Å². The van der Waals surface area contributed by atoms with Crippen molar-refractivity contribution in [3.05, 3.63) is 0 Å². The number of carbonyl (C=O) groups excluding carboxylic acids is 1. The molecule has 0 radical (unpaired) electrons. The highest BCUT2D eigenvalue weighted by Crippen LogP contribution is 2.08. The Bertz CT molecular complexity index is 282. The fraction of sp³-hybridized carbons (Fsp3) is 0.750. The molecule has 0 N–H and O–H groups in total. The monoisotopic (exact) mass is 223 g/mol. The van der Waals surface area contributed by atoms with Gasteiger partial charge in [0.25, 0.3) is 0 Å². The molecule has 16 heavy (non-hydrogen) atoms. The molecule has 0 bridgehead atoms. The van der Waals surface area contributed by atoms with Crippen molar-refractivity contribution in [1.29, 1.82) is 0 Å². The minimum absolute atomic E-state index is 0.140. The molecular weight excluding hydrogens is 202 g/mol. The number of terminal acetylenes is 1. The van der Waals surface area contributed by atoms with Crippen molar-refractivity contribution in [2.75, 3.05) is 46.8 Å². The molecule has 1 fully saturated rings. The lowest BCUT2D eigenvalue weighted by Gasteiger charge is -2.38. The predicted octanol–water partition coefficient (Wildman–Crippen LogP) is -0.286. The zero-order chi connectivity index (χ0) is 12.1. The van der Waals surface area contributed by atoms with Gasteiger partial charge in [-0.15, -0.1) is 6.42 Å². The van der Waals surface area contributed by atoms with Gasteiger partial charge < -0.3 is 4.90 Å². The molecule has 1 amide bonds. The topological polar surface area (TPSA) is 26.8 Å². The van der Waals surface area contributed by atoms with E-state index in [4.69, 9.17) is 6.42 Å². The van der Waals surface area contributed by atoms with Gasteiger partial charge in [0.15, 0.2) is 0 Å². The Labute approximate surface area is 98.2 Å². The van der Waals surface area contributed by atoms with Crippen LogP contribution in [-0.2, 0) is 4.79 Å². The number of piperazine rings is 1. The molecule has 0 unspecified atom stereocenters. The lowest BCUT2D eigenvalue weighted by molar-refractivity contribution is -0.130. The van der Waals surface area contributed by atoms with Crippen molar-refractivity contribution >= 4 is 5.91 Å². The van der Waals surface area contributed by atoms with E-state index in [0.717, 1.165) is 26.2 Å². The first-order chi connectivity index (χ1) is 7.58. The summed E-state index contributed by atoms with van der Waals surface area (Å²) < 4.78 is 0. The molecule has 0 aromatic rings. The maximum atomic E-state index is 11.6.